The van der Waals surface area contributed by atoms with E-state index in [1.807, 2.05) is 0 Å². The Bertz CT molecular complexity index is 549. The van der Waals surface area contributed by atoms with Crippen LogP contribution in [0.2, 0.25) is 5.02 Å². The summed E-state index contributed by atoms with van der Waals surface area (Å²) in [4.78, 5) is 12.2. The van der Waals surface area contributed by atoms with E-state index in [1.165, 1.54) is 6.07 Å². The van der Waals surface area contributed by atoms with Gasteiger partial charge in [0.05, 0.1) is 27.3 Å². The van der Waals surface area contributed by atoms with E-state index in [4.69, 9.17) is 11.6 Å². The van der Waals surface area contributed by atoms with Crippen molar-refractivity contribution in [1.82, 2.24) is 0 Å². The second kappa shape index (κ2) is 3.41. The predicted octanol–water partition coefficient (Wildman–Crippen LogP) is 3.75. The molecule has 1 aromatic carbocycles. The lowest BCUT2D eigenvalue weighted by atomic mass is 9.86. The van der Waals surface area contributed by atoms with E-state index in [2.05, 4.69) is 5.32 Å². The minimum Gasteiger partial charge on any atom is -0.382 e. The topological polar surface area (TPSA) is 29.1 Å². The summed E-state index contributed by atoms with van der Waals surface area (Å²) >= 11 is 5.86. The monoisotopic (exact) mass is 275 g/mol. The largest absolute Gasteiger partial charge is 0.417 e. The van der Waals surface area contributed by atoms with Crippen LogP contribution in [-0.4, -0.2) is 12.3 Å². The van der Waals surface area contributed by atoms with Gasteiger partial charge < -0.3 is 5.32 Å². The highest BCUT2D eigenvalue weighted by molar-refractivity contribution is 6.34. The van der Waals surface area contributed by atoms with Crippen molar-refractivity contribution in [3.8, 4) is 0 Å². The molecule has 0 amide bonds. The molecule has 96 valence electrons. The Morgan fingerprint density at radius 1 is 1.28 bits per heavy atom. The van der Waals surface area contributed by atoms with E-state index in [1.54, 1.807) is 0 Å². The third-order valence-electron chi connectivity index (χ3n) is 3.63. The van der Waals surface area contributed by atoms with E-state index in [0.29, 0.717) is 19.4 Å². The molecule has 1 aromatic rings. The van der Waals surface area contributed by atoms with Gasteiger partial charge in [0.2, 0.25) is 0 Å². The number of benzene rings is 1. The number of nitrogens with one attached hydrogen (secondary N) is 1. The Labute approximate surface area is 106 Å². The number of carbonyl (C=O) groups excluding carboxylic acids is 1. The van der Waals surface area contributed by atoms with Crippen molar-refractivity contribution < 1.29 is 18.0 Å². The van der Waals surface area contributed by atoms with Gasteiger partial charge >= 0.3 is 6.18 Å². The van der Waals surface area contributed by atoms with Crippen LogP contribution in [-0.2, 0) is 6.18 Å². The highest BCUT2D eigenvalue weighted by Gasteiger charge is 2.54. The van der Waals surface area contributed by atoms with Gasteiger partial charge in [0.25, 0.3) is 0 Å². The van der Waals surface area contributed by atoms with Gasteiger partial charge in [-0.3, -0.25) is 4.79 Å². The van der Waals surface area contributed by atoms with Crippen LogP contribution in [0.25, 0.3) is 0 Å². The molecule has 1 N–H and O–H groups in total. The quantitative estimate of drug-likeness (QED) is 0.781. The average Bonchev–Trinajstić information content (AvgIpc) is 3.04. The molecule has 1 fully saturated rings. The molecule has 1 aliphatic carbocycles. The molecule has 0 radical (unpaired) electrons. The lowest BCUT2D eigenvalue weighted by Gasteiger charge is -2.28. The standard InChI is InChI=1S/C12H9ClF3NO/c13-7-2-1-6(12(14,15)16)8-9(7)17-5-11(3-4-11)10(8)18/h1-2,17H,3-5H2. The third-order valence-corrected chi connectivity index (χ3v) is 3.94. The average molecular weight is 276 g/mol. The highest BCUT2D eigenvalue weighted by Crippen LogP contribution is 2.54. The Balaban J connectivity index is 2.23. The van der Waals surface area contributed by atoms with E-state index in [9.17, 15) is 18.0 Å². The van der Waals surface area contributed by atoms with Crippen LogP contribution in [0.3, 0.4) is 0 Å². The maximum atomic E-state index is 12.9. The van der Waals surface area contributed by atoms with Crippen molar-refractivity contribution in [1.29, 1.82) is 0 Å². The molecule has 6 heteroatoms. The first-order valence-corrected chi connectivity index (χ1v) is 5.91. The molecule has 1 spiro atoms. The molecule has 0 unspecified atom stereocenters. The summed E-state index contributed by atoms with van der Waals surface area (Å²) in [6.45, 7) is 0.375. The molecule has 0 saturated heterocycles. The molecule has 0 aromatic heterocycles. The first kappa shape index (κ1) is 11.8. The predicted molar refractivity (Wildman–Crippen MR) is 60.9 cm³/mol. The zero-order chi connectivity index (χ0) is 13.1. The number of fused-ring (bicyclic) bond motifs is 1. The van der Waals surface area contributed by atoms with Crippen LogP contribution in [0.1, 0.15) is 28.8 Å². The van der Waals surface area contributed by atoms with Crippen LogP contribution in [0.5, 0.6) is 0 Å². The zero-order valence-corrected chi connectivity index (χ0v) is 9.95. The first-order valence-electron chi connectivity index (χ1n) is 5.53. The fourth-order valence-corrected chi connectivity index (χ4v) is 2.60. The summed E-state index contributed by atoms with van der Waals surface area (Å²) in [5, 5.41) is 3.03. The van der Waals surface area contributed by atoms with Gasteiger partial charge in [-0.15, -0.1) is 0 Å². The van der Waals surface area contributed by atoms with Crippen LogP contribution in [0.4, 0.5) is 18.9 Å². The molecule has 2 aliphatic rings. The van der Waals surface area contributed by atoms with Gasteiger partial charge in [0.1, 0.15) is 0 Å². The minimum absolute atomic E-state index is 0.119. The number of rotatable bonds is 0. The summed E-state index contributed by atoms with van der Waals surface area (Å²) in [6.07, 6.45) is -3.26. The first-order chi connectivity index (χ1) is 8.35. The van der Waals surface area contributed by atoms with Gasteiger partial charge in [-0.25, -0.2) is 0 Å². The SMILES string of the molecule is O=C1c2c(C(F)(F)F)ccc(Cl)c2NCC12CC2. The molecule has 18 heavy (non-hydrogen) atoms. The summed E-state index contributed by atoms with van der Waals surface area (Å²) in [5.74, 6) is -0.425. The van der Waals surface area contributed by atoms with Crippen LogP contribution >= 0.6 is 11.6 Å². The molecule has 3 rings (SSSR count). The number of halogens is 4. The van der Waals surface area contributed by atoms with Gasteiger partial charge in [-0.2, -0.15) is 13.2 Å². The summed E-state index contributed by atoms with van der Waals surface area (Å²) in [7, 11) is 0. The Morgan fingerprint density at radius 2 is 1.94 bits per heavy atom. The number of hydrogen-bond donors (Lipinski definition) is 1. The normalized spacial score (nSPS) is 20.6. The number of anilines is 1. The number of ketones is 1. The van der Waals surface area contributed by atoms with E-state index >= 15 is 0 Å². The fraction of sp³-hybridized carbons (Fsp3) is 0.417. The molecule has 0 bridgehead atoms. The summed E-state index contributed by atoms with van der Waals surface area (Å²) in [5.41, 5.74) is -1.70. The number of hydrogen-bond acceptors (Lipinski definition) is 2. The molecule has 1 heterocycles. The highest BCUT2D eigenvalue weighted by atomic mass is 35.5. The van der Waals surface area contributed by atoms with Crippen LogP contribution < -0.4 is 5.32 Å². The van der Waals surface area contributed by atoms with Gasteiger partial charge in [-0.05, 0) is 25.0 Å². The van der Waals surface area contributed by atoms with Gasteiger partial charge in [-0.1, -0.05) is 11.6 Å². The zero-order valence-electron chi connectivity index (χ0n) is 9.20. The lowest BCUT2D eigenvalue weighted by molar-refractivity contribution is -0.137. The van der Waals surface area contributed by atoms with Crippen molar-refractivity contribution in [2.24, 2.45) is 5.41 Å². The number of alkyl halides is 3. The fourth-order valence-electron chi connectivity index (χ4n) is 2.38. The van der Waals surface area contributed by atoms with Crippen molar-refractivity contribution in [3.63, 3.8) is 0 Å². The van der Waals surface area contributed by atoms with Crippen molar-refractivity contribution in [2.45, 2.75) is 19.0 Å². The Hall–Kier alpha value is -1.23. The third kappa shape index (κ3) is 1.53. The van der Waals surface area contributed by atoms with Crippen LogP contribution in [0, 0.1) is 5.41 Å². The Kier molecular flexibility index (Phi) is 2.24. The summed E-state index contributed by atoms with van der Waals surface area (Å²) in [6, 6.07) is 2.05. The van der Waals surface area contributed by atoms with Crippen molar-refractivity contribution in [2.75, 3.05) is 11.9 Å². The van der Waals surface area contributed by atoms with E-state index in [-0.39, 0.29) is 16.3 Å². The molecule has 1 saturated carbocycles. The molecular weight excluding hydrogens is 267 g/mol. The van der Waals surface area contributed by atoms with E-state index in [0.717, 1.165) is 6.07 Å². The van der Waals surface area contributed by atoms with E-state index < -0.39 is 22.9 Å². The van der Waals surface area contributed by atoms with Gasteiger partial charge in [0.15, 0.2) is 5.78 Å². The second-order valence-electron chi connectivity index (χ2n) is 4.81. The molecular formula is C12H9ClF3NO. The lowest BCUT2D eigenvalue weighted by Crippen LogP contribution is -2.33. The molecule has 2 nitrogen and oxygen atoms in total. The maximum Gasteiger partial charge on any atom is 0.417 e. The summed E-state index contributed by atoms with van der Waals surface area (Å²) < 4.78 is 38.8. The second-order valence-corrected chi connectivity index (χ2v) is 5.21. The number of carbonyl (C=O) groups is 1. The van der Waals surface area contributed by atoms with Crippen molar-refractivity contribution in [3.05, 3.63) is 28.3 Å². The molecule has 1 aliphatic heterocycles. The smallest absolute Gasteiger partial charge is 0.382 e. The minimum atomic E-state index is -4.54. The van der Waals surface area contributed by atoms with Crippen LogP contribution in [0.15, 0.2) is 12.1 Å². The maximum absolute atomic E-state index is 12.9. The number of Topliss-reactive ketones (excluding diaryl/α,β-unsaturated/α-hetero) is 1. The van der Waals surface area contributed by atoms with Gasteiger partial charge in [0, 0.05) is 6.54 Å². The Morgan fingerprint density at radius 3 is 2.50 bits per heavy atom. The van der Waals surface area contributed by atoms with Crippen molar-refractivity contribution >= 4 is 23.1 Å². The molecule has 0 atom stereocenters.